The summed E-state index contributed by atoms with van der Waals surface area (Å²) >= 11 is 2.56. The van der Waals surface area contributed by atoms with Gasteiger partial charge in [-0.25, -0.2) is 9.18 Å². The van der Waals surface area contributed by atoms with Crippen molar-refractivity contribution in [3.05, 3.63) is 81.7 Å². The van der Waals surface area contributed by atoms with E-state index in [-0.39, 0.29) is 25.0 Å². The first-order chi connectivity index (χ1) is 20.8. The maximum absolute atomic E-state index is 13.8. The van der Waals surface area contributed by atoms with Gasteiger partial charge in [-0.05, 0) is 75.1 Å². The molecule has 0 radical (unpaired) electrons. The predicted octanol–water partition coefficient (Wildman–Crippen LogP) is 5.19. The second-order valence-electron chi connectivity index (χ2n) is 9.62. The Labute approximate surface area is 256 Å². The number of hydrogen-bond acceptors (Lipinski definition) is 9. The molecule has 2 amide bonds. The number of aryl methyl sites for hydroxylation is 1. The third-order valence-corrected chi connectivity index (χ3v) is 9.08. The van der Waals surface area contributed by atoms with E-state index in [1.165, 1.54) is 30.6 Å². The fraction of sp³-hybridized carbons (Fsp3) is 0.300. The van der Waals surface area contributed by atoms with Crippen molar-refractivity contribution in [2.24, 2.45) is 0 Å². The standard InChI is InChI=1S/C30H30FN5O5S2/c1-4-41-29(39)25-21-9-7-11-23(21)43-28(25)33-26(37)17(2)42-30-35-34-24(36(30)19-14-12-18(31)13-15-19)16-32-27(38)20-8-5-6-10-22(20)40-3/h5-6,8,10,12-15,17H,4,7,9,11,16H2,1-3H3,(H,32,38)(H,33,37)/t17-/m1/s1. The van der Waals surface area contributed by atoms with Crippen LogP contribution in [0.3, 0.4) is 0 Å². The second-order valence-corrected chi connectivity index (χ2v) is 12.0. The molecule has 0 fully saturated rings. The fourth-order valence-electron chi connectivity index (χ4n) is 4.76. The van der Waals surface area contributed by atoms with Crippen molar-refractivity contribution in [1.82, 2.24) is 20.1 Å². The minimum absolute atomic E-state index is 0.00600. The van der Waals surface area contributed by atoms with Crippen molar-refractivity contribution in [2.45, 2.75) is 50.1 Å². The van der Waals surface area contributed by atoms with Crippen molar-refractivity contribution in [3.8, 4) is 11.4 Å². The number of anilines is 1. The number of esters is 1. The van der Waals surface area contributed by atoms with Crippen LogP contribution in [0.4, 0.5) is 9.39 Å². The molecule has 1 aliphatic rings. The molecule has 0 unspecified atom stereocenters. The van der Waals surface area contributed by atoms with E-state index >= 15 is 0 Å². The van der Waals surface area contributed by atoms with Gasteiger partial charge in [-0.1, -0.05) is 23.9 Å². The second kappa shape index (κ2) is 13.4. The molecule has 0 saturated carbocycles. The van der Waals surface area contributed by atoms with Crippen LogP contribution in [0.5, 0.6) is 5.75 Å². The summed E-state index contributed by atoms with van der Waals surface area (Å²) in [5, 5.41) is 14.5. The Morgan fingerprint density at radius 2 is 1.88 bits per heavy atom. The van der Waals surface area contributed by atoms with Gasteiger partial charge in [0.1, 0.15) is 16.6 Å². The van der Waals surface area contributed by atoms with Crippen LogP contribution in [-0.2, 0) is 28.9 Å². The van der Waals surface area contributed by atoms with Crippen LogP contribution in [0.25, 0.3) is 5.69 Å². The van der Waals surface area contributed by atoms with Gasteiger partial charge in [-0.15, -0.1) is 21.5 Å². The molecular formula is C30H30FN5O5S2. The van der Waals surface area contributed by atoms with E-state index in [1.54, 1.807) is 54.8 Å². The van der Waals surface area contributed by atoms with Crippen LogP contribution in [0, 0.1) is 5.82 Å². The predicted molar refractivity (Wildman–Crippen MR) is 162 cm³/mol. The Kier molecular flexibility index (Phi) is 9.41. The summed E-state index contributed by atoms with van der Waals surface area (Å²) in [6.07, 6.45) is 2.61. The third-order valence-electron chi connectivity index (χ3n) is 6.83. The van der Waals surface area contributed by atoms with Crippen molar-refractivity contribution in [2.75, 3.05) is 19.0 Å². The van der Waals surface area contributed by atoms with Gasteiger partial charge in [0.25, 0.3) is 5.91 Å². The molecule has 224 valence electrons. The molecule has 0 aliphatic heterocycles. The molecular weight excluding hydrogens is 593 g/mol. The van der Waals surface area contributed by atoms with Gasteiger partial charge < -0.3 is 20.1 Å². The quantitative estimate of drug-likeness (QED) is 0.173. The van der Waals surface area contributed by atoms with Crippen LogP contribution in [0.1, 0.15) is 57.2 Å². The highest BCUT2D eigenvalue weighted by Crippen LogP contribution is 2.40. The maximum Gasteiger partial charge on any atom is 0.341 e. The third kappa shape index (κ3) is 6.57. The number of carbonyl (C=O) groups is 3. The average Bonchev–Trinajstić information content (AvgIpc) is 3.71. The molecule has 2 aromatic carbocycles. The van der Waals surface area contributed by atoms with E-state index in [2.05, 4.69) is 20.8 Å². The normalized spacial score (nSPS) is 12.8. The number of nitrogens with zero attached hydrogens (tertiary/aromatic N) is 3. The highest BCUT2D eigenvalue weighted by Gasteiger charge is 2.30. The van der Waals surface area contributed by atoms with Crippen LogP contribution in [0.2, 0.25) is 0 Å². The topological polar surface area (TPSA) is 124 Å². The van der Waals surface area contributed by atoms with Crippen LogP contribution in [-0.4, -0.2) is 51.5 Å². The lowest BCUT2D eigenvalue weighted by molar-refractivity contribution is -0.115. The Morgan fingerprint density at radius 1 is 1.12 bits per heavy atom. The summed E-state index contributed by atoms with van der Waals surface area (Å²) in [4.78, 5) is 40.1. The zero-order chi connectivity index (χ0) is 30.5. The molecule has 2 heterocycles. The summed E-state index contributed by atoms with van der Waals surface area (Å²) < 4.78 is 26.0. The van der Waals surface area contributed by atoms with Gasteiger partial charge in [0.2, 0.25) is 5.91 Å². The number of hydrogen-bond donors (Lipinski definition) is 2. The SMILES string of the molecule is CCOC(=O)c1c(NC(=O)[C@@H](C)Sc2nnc(CNC(=O)c3ccccc3OC)n2-c2ccc(F)cc2)sc2c1CCC2. The van der Waals surface area contributed by atoms with E-state index in [1.807, 2.05) is 0 Å². The number of ether oxygens (including phenoxy) is 2. The number of thiophene rings is 1. The number of methoxy groups -OCH3 is 1. The van der Waals surface area contributed by atoms with Gasteiger partial charge in [0.05, 0.1) is 36.6 Å². The number of aromatic nitrogens is 3. The van der Waals surface area contributed by atoms with E-state index in [9.17, 15) is 18.8 Å². The minimum Gasteiger partial charge on any atom is -0.496 e. The Morgan fingerprint density at radius 3 is 2.63 bits per heavy atom. The van der Waals surface area contributed by atoms with Gasteiger partial charge >= 0.3 is 5.97 Å². The number of nitrogens with one attached hydrogen (secondary N) is 2. The lowest BCUT2D eigenvalue weighted by atomic mass is 10.1. The Bertz CT molecular complexity index is 1650. The first-order valence-corrected chi connectivity index (χ1v) is 15.4. The van der Waals surface area contributed by atoms with E-state index in [0.717, 1.165) is 41.5 Å². The molecule has 43 heavy (non-hydrogen) atoms. The summed E-state index contributed by atoms with van der Waals surface area (Å²) in [7, 11) is 1.49. The number of halogens is 1. The molecule has 1 atom stereocenters. The van der Waals surface area contributed by atoms with Crippen LogP contribution in [0.15, 0.2) is 53.7 Å². The van der Waals surface area contributed by atoms with Crippen LogP contribution < -0.4 is 15.4 Å². The number of rotatable bonds is 11. The van der Waals surface area contributed by atoms with E-state index < -0.39 is 17.0 Å². The van der Waals surface area contributed by atoms with Gasteiger partial charge in [0, 0.05) is 10.6 Å². The maximum atomic E-state index is 13.8. The van der Waals surface area contributed by atoms with Gasteiger partial charge in [-0.2, -0.15) is 0 Å². The molecule has 2 N–H and O–H groups in total. The Balaban J connectivity index is 1.36. The number of benzene rings is 2. The van der Waals surface area contributed by atoms with Crippen molar-refractivity contribution < 1.29 is 28.2 Å². The zero-order valence-electron chi connectivity index (χ0n) is 23.8. The van der Waals surface area contributed by atoms with Gasteiger partial charge in [-0.3, -0.25) is 14.2 Å². The number of para-hydroxylation sites is 1. The lowest BCUT2D eigenvalue weighted by Crippen LogP contribution is -2.25. The largest absolute Gasteiger partial charge is 0.496 e. The Hall–Kier alpha value is -4.23. The lowest BCUT2D eigenvalue weighted by Gasteiger charge is -2.15. The van der Waals surface area contributed by atoms with Gasteiger partial charge in [0.15, 0.2) is 11.0 Å². The number of fused-ring (bicyclic) bond motifs is 1. The highest BCUT2D eigenvalue weighted by atomic mass is 32.2. The molecule has 0 saturated heterocycles. The summed E-state index contributed by atoms with van der Waals surface area (Å²) in [5.41, 5.74) is 2.31. The number of carbonyl (C=O) groups excluding carboxylic acids is 3. The molecule has 4 aromatic rings. The molecule has 0 spiro atoms. The highest BCUT2D eigenvalue weighted by molar-refractivity contribution is 8.00. The smallest absolute Gasteiger partial charge is 0.341 e. The van der Waals surface area contributed by atoms with Crippen molar-refractivity contribution in [3.63, 3.8) is 0 Å². The first-order valence-electron chi connectivity index (χ1n) is 13.7. The molecule has 0 bridgehead atoms. The summed E-state index contributed by atoms with van der Waals surface area (Å²) in [6.45, 7) is 3.71. The number of amides is 2. The first kappa shape index (κ1) is 30.2. The molecule has 1 aliphatic carbocycles. The van der Waals surface area contributed by atoms with Crippen LogP contribution >= 0.6 is 23.1 Å². The molecule has 2 aromatic heterocycles. The monoisotopic (exact) mass is 623 g/mol. The molecule has 10 nitrogen and oxygen atoms in total. The molecule has 5 rings (SSSR count). The summed E-state index contributed by atoms with van der Waals surface area (Å²) in [6, 6.07) is 12.6. The van der Waals surface area contributed by atoms with Crippen molar-refractivity contribution in [1.29, 1.82) is 0 Å². The minimum atomic E-state index is -0.647. The number of thioether (sulfide) groups is 1. The van der Waals surface area contributed by atoms with Crippen molar-refractivity contribution >= 4 is 45.9 Å². The van der Waals surface area contributed by atoms with E-state index in [4.69, 9.17) is 9.47 Å². The fourth-order valence-corrected chi connectivity index (χ4v) is 6.93. The zero-order valence-corrected chi connectivity index (χ0v) is 25.4. The summed E-state index contributed by atoms with van der Waals surface area (Å²) in [5.74, 6) is -0.732. The molecule has 13 heteroatoms. The van der Waals surface area contributed by atoms with E-state index in [0.29, 0.717) is 38.5 Å². The average molecular weight is 624 g/mol.